The highest BCUT2D eigenvalue weighted by atomic mass is 35.5. The summed E-state index contributed by atoms with van der Waals surface area (Å²) in [5.41, 5.74) is 1.55. The summed E-state index contributed by atoms with van der Waals surface area (Å²) >= 11 is 13.1. The highest BCUT2D eigenvalue weighted by Gasteiger charge is 2.23. The average Bonchev–Trinajstić information content (AvgIpc) is 2.75. The largest absolute Gasteiger partial charge is 0.459 e. The molecule has 0 aliphatic carbocycles. The van der Waals surface area contributed by atoms with Crippen LogP contribution in [0.25, 0.3) is 0 Å². The van der Waals surface area contributed by atoms with Crippen LogP contribution in [0.5, 0.6) is 0 Å². The number of anilines is 1. The number of hydrogen-bond donors (Lipinski definition) is 1. The summed E-state index contributed by atoms with van der Waals surface area (Å²) in [5, 5.41) is 3.90. The lowest BCUT2D eigenvalue weighted by Crippen LogP contribution is -2.17. The molecule has 1 heterocycles. The summed E-state index contributed by atoms with van der Waals surface area (Å²) < 4.78 is 5.27. The van der Waals surface area contributed by atoms with Crippen molar-refractivity contribution in [3.8, 4) is 0 Å². The zero-order valence-corrected chi connectivity index (χ0v) is 16.0. The number of hydrogen-bond acceptors (Lipinski definition) is 4. The summed E-state index contributed by atoms with van der Waals surface area (Å²) in [4.78, 5) is 25.7. The van der Waals surface area contributed by atoms with E-state index in [4.69, 9.17) is 27.9 Å². The van der Waals surface area contributed by atoms with Gasteiger partial charge in [0.15, 0.2) is 0 Å². The minimum absolute atomic E-state index is 0.240. The molecule has 0 aliphatic rings. The van der Waals surface area contributed by atoms with Crippen molar-refractivity contribution in [2.45, 2.75) is 33.8 Å². The van der Waals surface area contributed by atoms with E-state index in [1.807, 2.05) is 13.8 Å². The Bertz CT molecular complexity index is 799. The van der Waals surface area contributed by atoms with Gasteiger partial charge in [0.2, 0.25) is 0 Å². The molecule has 4 nitrogen and oxygen atoms in total. The molecule has 1 aromatic heterocycles. The molecule has 0 saturated carbocycles. The van der Waals surface area contributed by atoms with Crippen molar-refractivity contribution >= 4 is 51.4 Å². The van der Waals surface area contributed by atoms with E-state index >= 15 is 0 Å². The fourth-order valence-corrected chi connectivity index (χ4v) is 3.39. The van der Waals surface area contributed by atoms with Crippen molar-refractivity contribution in [1.29, 1.82) is 0 Å². The highest BCUT2D eigenvalue weighted by Crippen LogP contribution is 2.34. The number of esters is 1. The van der Waals surface area contributed by atoms with Crippen LogP contribution < -0.4 is 5.32 Å². The molecule has 0 atom stereocenters. The Morgan fingerprint density at radius 3 is 2.42 bits per heavy atom. The molecular formula is C17H17Cl2NO3S. The maximum absolute atomic E-state index is 12.4. The van der Waals surface area contributed by atoms with Gasteiger partial charge < -0.3 is 10.1 Å². The molecule has 2 aromatic rings. The normalized spacial score (nSPS) is 10.8. The molecular weight excluding hydrogens is 369 g/mol. The maximum Gasteiger partial charge on any atom is 0.341 e. The Kier molecular flexibility index (Phi) is 5.91. The van der Waals surface area contributed by atoms with E-state index < -0.39 is 5.97 Å². The SMILES string of the molecule is Cc1sc(NC(=O)c2ccc(Cl)c(Cl)c2)c(C(=O)OC(C)C)c1C. The van der Waals surface area contributed by atoms with Gasteiger partial charge in [-0.3, -0.25) is 4.79 Å². The molecule has 0 radical (unpaired) electrons. The van der Waals surface area contributed by atoms with Crippen LogP contribution in [-0.2, 0) is 4.74 Å². The van der Waals surface area contributed by atoms with Gasteiger partial charge in [-0.05, 0) is 51.5 Å². The summed E-state index contributed by atoms with van der Waals surface area (Å²) in [7, 11) is 0. The van der Waals surface area contributed by atoms with Crippen molar-refractivity contribution in [2.24, 2.45) is 0 Å². The van der Waals surface area contributed by atoms with Gasteiger partial charge in [0.1, 0.15) is 5.00 Å². The van der Waals surface area contributed by atoms with Crippen molar-refractivity contribution < 1.29 is 14.3 Å². The maximum atomic E-state index is 12.4. The van der Waals surface area contributed by atoms with Gasteiger partial charge >= 0.3 is 5.97 Å². The van der Waals surface area contributed by atoms with Gasteiger partial charge in [-0.1, -0.05) is 23.2 Å². The smallest absolute Gasteiger partial charge is 0.341 e. The van der Waals surface area contributed by atoms with Crippen molar-refractivity contribution in [3.05, 3.63) is 49.8 Å². The summed E-state index contributed by atoms with van der Waals surface area (Å²) in [6.07, 6.45) is -0.240. The van der Waals surface area contributed by atoms with Gasteiger partial charge in [-0.15, -0.1) is 11.3 Å². The number of benzene rings is 1. The molecule has 7 heteroatoms. The number of amides is 1. The van der Waals surface area contributed by atoms with Crippen LogP contribution in [0.15, 0.2) is 18.2 Å². The Hall–Kier alpha value is -1.56. The fourth-order valence-electron chi connectivity index (χ4n) is 2.05. The molecule has 1 N–H and O–H groups in total. The van der Waals surface area contributed by atoms with Gasteiger partial charge in [0.25, 0.3) is 5.91 Å². The monoisotopic (exact) mass is 385 g/mol. The molecule has 128 valence electrons. The first-order chi connectivity index (χ1) is 11.2. The minimum Gasteiger partial charge on any atom is -0.459 e. The first-order valence-electron chi connectivity index (χ1n) is 7.28. The van der Waals surface area contributed by atoms with E-state index in [0.29, 0.717) is 26.2 Å². The van der Waals surface area contributed by atoms with E-state index in [1.54, 1.807) is 26.0 Å². The predicted molar refractivity (Wildman–Crippen MR) is 98.8 cm³/mol. The van der Waals surface area contributed by atoms with E-state index in [2.05, 4.69) is 5.32 Å². The summed E-state index contributed by atoms with van der Waals surface area (Å²) in [5.74, 6) is -0.815. The number of carbonyl (C=O) groups is 2. The zero-order valence-electron chi connectivity index (χ0n) is 13.7. The standard InChI is InChI=1S/C17H17Cl2NO3S/c1-8(2)23-17(22)14-9(3)10(4)24-16(14)20-15(21)11-5-6-12(18)13(19)7-11/h5-8H,1-4H3,(H,20,21). The van der Waals surface area contributed by atoms with Crippen LogP contribution in [0, 0.1) is 13.8 Å². The number of nitrogens with one attached hydrogen (secondary N) is 1. The van der Waals surface area contributed by atoms with Crippen LogP contribution >= 0.6 is 34.5 Å². The van der Waals surface area contributed by atoms with Crippen molar-refractivity contribution in [2.75, 3.05) is 5.32 Å². The third-order valence-corrected chi connectivity index (χ3v) is 5.20. The van der Waals surface area contributed by atoms with Crippen LogP contribution in [0.4, 0.5) is 5.00 Å². The molecule has 0 bridgehead atoms. The number of aryl methyl sites for hydroxylation is 1. The van der Waals surface area contributed by atoms with Gasteiger partial charge in [-0.25, -0.2) is 4.79 Å². The molecule has 0 spiro atoms. The van der Waals surface area contributed by atoms with Crippen molar-refractivity contribution in [3.63, 3.8) is 0 Å². The molecule has 1 aromatic carbocycles. The van der Waals surface area contributed by atoms with Crippen molar-refractivity contribution in [1.82, 2.24) is 0 Å². The van der Waals surface area contributed by atoms with Gasteiger partial charge in [-0.2, -0.15) is 0 Å². The number of ether oxygens (including phenoxy) is 1. The number of carbonyl (C=O) groups excluding carboxylic acids is 2. The second-order valence-electron chi connectivity index (χ2n) is 5.52. The Balaban J connectivity index is 2.32. The lowest BCUT2D eigenvalue weighted by atomic mass is 10.1. The molecule has 24 heavy (non-hydrogen) atoms. The Morgan fingerprint density at radius 2 is 1.83 bits per heavy atom. The molecule has 0 unspecified atom stereocenters. The van der Waals surface area contributed by atoms with Crippen LogP contribution in [0.3, 0.4) is 0 Å². The molecule has 0 fully saturated rings. The van der Waals surface area contributed by atoms with E-state index in [0.717, 1.165) is 10.4 Å². The molecule has 2 rings (SSSR count). The third-order valence-electron chi connectivity index (χ3n) is 3.34. The van der Waals surface area contributed by atoms with Gasteiger partial charge in [0, 0.05) is 10.4 Å². The van der Waals surface area contributed by atoms with Crippen LogP contribution in [0.1, 0.15) is 45.0 Å². The number of thiophene rings is 1. The number of rotatable bonds is 4. The molecule has 0 aliphatic heterocycles. The molecule has 0 saturated heterocycles. The van der Waals surface area contributed by atoms with Gasteiger partial charge in [0.05, 0.1) is 21.7 Å². The Labute approximate surface area is 154 Å². The predicted octanol–water partition coefficient (Wildman–Crippen LogP) is 5.49. The Morgan fingerprint density at radius 1 is 1.17 bits per heavy atom. The molecule has 1 amide bonds. The van der Waals surface area contributed by atoms with E-state index in [1.165, 1.54) is 17.4 Å². The van der Waals surface area contributed by atoms with E-state index in [9.17, 15) is 9.59 Å². The second kappa shape index (κ2) is 7.55. The fraction of sp³-hybridized carbons (Fsp3) is 0.294. The highest BCUT2D eigenvalue weighted by molar-refractivity contribution is 7.16. The first-order valence-corrected chi connectivity index (χ1v) is 8.85. The third kappa shape index (κ3) is 4.09. The quantitative estimate of drug-likeness (QED) is 0.707. The first kappa shape index (κ1) is 18.8. The zero-order chi connectivity index (χ0) is 18.0. The lowest BCUT2D eigenvalue weighted by molar-refractivity contribution is 0.0379. The summed E-state index contributed by atoms with van der Waals surface area (Å²) in [6, 6.07) is 4.61. The lowest BCUT2D eigenvalue weighted by Gasteiger charge is -2.10. The average molecular weight is 386 g/mol. The second-order valence-corrected chi connectivity index (χ2v) is 7.56. The van der Waals surface area contributed by atoms with E-state index in [-0.39, 0.29) is 12.0 Å². The van der Waals surface area contributed by atoms with Crippen LogP contribution in [0.2, 0.25) is 10.0 Å². The topological polar surface area (TPSA) is 55.4 Å². The minimum atomic E-state index is -0.448. The number of halogens is 2. The van der Waals surface area contributed by atoms with Crippen LogP contribution in [-0.4, -0.2) is 18.0 Å². The summed E-state index contributed by atoms with van der Waals surface area (Å²) in [6.45, 7) is 7.28.